The van der Waals surface area contributed by atoms with Crippen molar-refractivity contribution < 1.29 is 23.8 Å². The van der Waals surface area contributed by atoms with Crippen LogP contribution in [0.15, 0.2) is 36.5 Å². The average molecular weight is 633 g/mol. The van der Waals surface area contributed by atoms with Gasteiger partial charge in [0.2, 0.25) is 0 Å². The largest absolute Gasteiger partial charge is 0.496 e. The number of hydrogen-bond donors (Lipinski definition) is 1. The van der Waals surface area contributed by atoms with E-state index in [4.69, 9.17) is 19.2 Å². The van der Waals surface area contributed by atoms with Crippen LogP contribution in [0.25, 0.3) is 0 Å². The van der Waals surface area contributed by atoms with E-state index in [1.807, 2.05) is 38.1 Å². The van der Waals surface area contributed by atoms with E-state index in [1.54, 1.807) is 18.2 Å². The number of carbonyl (C=O) groups excluding carboxylic acids is 2. The molecule has 1 aromatic carbocycles. The van der Waals surface area contributed by atoms with Gasteiger partial charge in [-0.15, -0.1) is 0 Å². The number of nitrogens with one attached hydrogen (secondary N) is 1. The van der Waals surface area contributed by atoms with Gasteiger partial charge in [0.1, 0.15) is 23.7 Å². The molecule has 3 aliphatic carbocycles. The maximum Gasteiger partial charge on any atom is 0.329 e. The first-order valence-electron chi connectivity index (χ1n) is 17.1. The third-order valence-corrected chi connectivity index (χ3v) is 10.9. The Kier molecular flexibility index (Phi) is 9.11. The molecular formula is C37H52N4O5. The highest BCUT2D eigenvalue weighted by Gasteiger charge is 2.60. The first-order valence-corrected chi connectivity index (χ1v) is 17.1. The quantitative estimate of drug-likeness (QED) is 0.348. The third kappa shape index (κ3) is 5.78. The Balaban J connectivity index is 1.46. The summed E-state index contributed by atoms with van der Waals surface area (Å²) < 4.78 is 17.7. The lowest BCUT2D eigenvalue weighted by molar-refractivity contribution is -0.162. The Morgan fingerprint density at radius 3 is 2.50 bits per heavy atom. The first kappa shape index (κ1) is 32.8. The molecule has 1 N–H and O–H groups in total. The number of benzene rings is 1. The highest BCUT2D eigenvalue weighted by molar-refractivity contribution is 5.89. The fraction of sp³-hybridized carbons (Fsp3) is 0.649. The monoisotopic (exact) mass is 632 g/mol. The second-order valence-electron chi connectivity index (χ2n) is 15.1. The summed E-state index contributed by atoms with van der Waals surface area (Å²) in [5.74, 6) is 1.69. The number of rotatable bonds is 10. The summed E-state index contributed by atoms with van der Waals surface area (Å²) in [6, 6.07) is 9.01. The molecule has 5 atom stereocenters. The predicted molar refractivity (Wildman–Crippen MR) is 178 cm³/mol. The topological polar surface area (TPSA) is 93.2 Å². The van der Waals surface area contributed by atoms with Crippen molar-refractivity contribution in [2.75, 3.05) is 39.3 Å². The lowest BCUT2D eigenvalue weighted by Crippen LogP contribution is -2.55. The first-order chi connectivity index (χ1) is 22.0. The van der Waals surface area contributed by atoms with Gasteiger partial charge in [-0.1, -0.05) is 39.0 Å². The van der Waals surface area contributed by atoms with Crippen molar-refractivity contribution in [1.29, 1.82) is 0 Å². The van der Waals surface area contributed by atoms with Gasteiger partial charge in [-0.25, -0.2) is 9.78 Å². The molecule has 1 amide bonds. The van der Waals surface area contributed by atoms with Gasteiger partial charge in [-0.3, -0.25) is 4.79 Å². The molecule has 5 fully saturated rings. The van der Waals surface area contributed by atoms with Crippen LogP contribution in [-0.4, -0.2) is 74.4 Å². The second kappa shape index (κ2) is 12.8. The minimum Gasteiger partial charge on any atom is -0.496 e. The van der Waals surface area contributed by atoms with Gasteiger partial charge in [0, 0.05) is 56.5 Å². The summed E-state index contributed by atoms with van der Waals surface area (Å²) in [5, 5.41) is 3.92. The van der Waals surface area contributed by atoms with Crippen LogP contribution in [0.3, 0.4) is 0 Å². The van der Waals surface area contributed by atoms with Crippen LogP contribution in [0.1, 0.15) is 89.0 Å². The zero-order chi connectivity index (χ0) is 32.8. The third-order valence-electron chi connectivity index (χ3n) is 10.9. The van der Waals surface area contributed by atoms with Gasteiger partial charge in [0.15, 0.2) is 0 Å². The summed E-state index contributed by atoms with van der Waals surface area (Å²) in [6.45, 7) is 9.58. The van der Waals surface area contributed by atoms with E-state index < -0.39 is 18.2 Å². The molecule has 1 aromatic heterocycles. The standard InChI is InChI=1S/C37H52N4O5/c1-8-45-35(43)32-29(36(2,3)4)30(39-22-24-18-25(14-15-27(24)44-7)37-19-23(20-37)21-37)31(26-12-11-16-38-33(26)40(5)6)41(32)34(42)28-13-9-10-17-46-28/h11-12,14-16,18,23,28-32,39H,8-10,13,17,19-22H2,1-7H3/t23?,28-,29+,30+,31+,32+,37?/m1/s1. The van der Waals surface area contributed by atoms with Gasteiger partial charge < -0.3 is 29.3 Å². The highest BCUT2D eigenvalue weighted by atomic mass is 16.5. The summed E-state index contributed by atoms with van der Waals surface area (Å²) in [6.07, 6.45) is 7.48. The minimum atomic E-state index is -0.801. The minimum absolute atomic E-state index is 0.155. The predicted octanol–water partition coefficient (Wildman–Crippen LogP) is 5.41. The molecule has 2 aromatic rings. The van der Waals surface area contributed by atoms with E-state index in [1.165, 1.54) is 24.8 Å². The van der Waals surface area contributed by atoms with E-state index in [2.05, 4.69) is 44.3 Å². The van der Waals surface area contributed by atoms with Crippen LogP contribution in [0.2, 0.25) is 0 Å². The molecule has 3 saturated carbocycles. The van der Waals surface area contributed by atoms with Gasteiger partial charge in [-0.2, -0.15) is 0 Å². The summed E-state index contributed by atoms with van der Waals surface area (Å²) in [7, 11) is 5.64. The molecule has 7 rings (SSSR count). The van der Waals surface area contributed by atoms with Crippen molar-refractivity contribution in [2.24, 2.45) is 17.3 Å². The molecule has 250 valence electrons. The Morgan fingerprint density at radius 2 is 1.91 bits per heavy atom. The van der Waals surface area contributed by atoms with Crippen molar-refractivity contribution >= 4 is 17.7 Å². The Morgan fingerprint density at radius 1 is 1.15 bits per heavy atom. The van der Waals surface area contributed by atoms with Crippen molar-refractivity contribution in [3.05, 3.63) is 53.2 Å². The van der Waals surface area contributed by atoms with Crippen LogP contribution in [0.4, 0.5) is 5.82 Å². The molecule has 0 radical (unpaired) electrons. The molecule has 9 heteroatoms. The molecule has 9 nitrogen and oxygen atoms in total. The average Bonchev–Trinajstić information content (AvgIpc) is 3.34. The maximum absolute atomic E-state index is 14.7. The maximum atomic E-state index is 14.7. The lowest BCUT2D eigenvalue weighted by atomic mass is 9.42. The normalized spacial score (nSPS) is 30.3. The number of pyridine rings is 1. The highest BCUT2D eigenvalue weighted by Crippen LogP contribution is 2.65. The molecule has 2 saturated heterocycles. The van der Waals surface area contributed by atoms with Gasteiger partial charge in [0.25, 0.3) is 5.91 Å². The molecule has 0 spiro atoms. The SMILES string of the molecule is CCOC(=O)[C@@H]1[C@@H](C(C)(C)C)[C@H](NCc2cc(C34CC(C3)C4)ccc2OC)[C@H](c2cccnc2N(C)C)N1C(=O)[C@H]1CCCCO1. The zero-order valence-corrected chi connectivity index (χ0v) is 28.7. The van der Waals surface area contributed by atoms with Crippen LogP contribution >= 0.6 is 0 Å². The molecule has 0 unspecified atom stereocenters. The number of aromatic nitrogens is 1. The van der Waals surface area contributed by atoms with Gasteiger partial charge >= 0.3 is 5.97 Å². The molecular weight excluding hydrogens is 580 g/mol. The van der Waals surface area contributed by atoms with E-state index in [9.17, 15) is 9.59 Å². The van der Waals surface area contributed by atoms with E-state index >= 15 is 0 Å². The number of esters is 1. The molecule has 5 aliphatic rings. The van der Waals surface area contributed by atoms with Crippen molar-refractivity contribution in [3.8, 4) is 5.75 Å². The fourth-order valence-corrected chi connectivity index (χ4v) is 8.69. The van der Waals surface area contributed by atoms with Crippen molar-refractivity contribution in [2.45, 2.75) is 102 Å². The van der Waals surface area contributed by atoms with E-state index in [0.717, 1.165) is 41.5 Å². The second-order valence-corrected chi connectivity index (χ2v) is 15.1. The fourth-order valence-electron chi connectivity index (χ4n) is 8.69. The van der Waals surface area contributed by atoms with Crippen LogP contribution in [-0.2, 0) is 31.0 Å². The Hall–Kier alpha value is -3.17. The van der Waals surface area contributed by atoms with E-state index in [0.29, 0.717) is 25.0 Å². The number of likely N-dealkylation sites (tertiary alicyclic amines) is 1. The lowest BCUT2D eigenvalue weighted by Gasteiger charge is -2.62. The molecule has 3 heterocycles. The van der Waals surface area contributed by atoms with Gasteiger partial charge in [-0.05, 0) is 79.9 Å². The summed E-state index contributed by atoms with van der Waals surface area (Å²) in [4.78, 5) is 37.3. The number of anilines is 1. The van der Waals surface area contributed by atoms with Crippen molar-refractivity contribution in [1.82, 2.24) is 15.2 Å². The molecule has 46 heavy (non-hydrogen) atoms. The number of amides is 1. The van der Waals surface area contributed by atoms with Crippen molar-refractivity contribution in [3.63, 3.8) is 0 Å². The summed E-state index contributed by atoms with van der Waals surface area (Å²) >= 11 is 0. The smallest absolute Gasteiger partial charge is 0.329 e. The molecule has 2 bridgehead atoms. The van der Waals surface area contributed by atoms with Gasteiger partial charge in [0.05, 0.1) is 19.8 Å². The summed E-state index contributed by atoms with van der Waals surface area (Å²) in [5.41, 5.74) is 3.33. The number of methoxy groups -OCH3 is 1. The number of ether oxygens (including phenoxy) is 3. The van der Waals surface area contributed by atoms with E-state index in [-0.39, 0.29) is 35.9 Å². The van der Waals surface area contributed by atoms with Crippen LogP contribution in [0, 0.1) is 17.3 Å². The van der Waals surface area contributed by atoms with Crippen LogP contribution < -0.4 is 15.0 Å². The molecule has 2 aliphatic heterocycles. The Labute approximate surface area is 274 Å². The zero-order valence-electron chi connectivity index (χ0n) is 28.7. The number of hydrogen-bond acceptors (Lipinski definition) is 8. The number of carbonyl (C=O) groups is 2. The van der Waals surface area contributed by atoms with Crippen LogP contribution in [0.5, 0.6) is 5.75 Å². The Bertz CT molecular complexity index is 1410. The number of nitrogens with zero attached hydrogens (tertiary/aromatic N) is 3.